The Morgan fingerprint density at radius 3 is 1.71 bits per heavy atom. The van der Waals surface area contributed by atoms with Crippen LogP contribution in [0.4, 0.5) is 0 Å². The summed E-state index contributed by atoms with van der Waals surface area (Å²) in [5, 5.41) is 0. The molecule has 2 aromatic rings. The van der Waals surface area contributed by atoms with Gasteiger partial charge in [-0.15, -0.1) is 0 Å². The summed E-state index contributed by atoms with van der Waals surface area (Å²) in [6, 6.07) is 21.8. The van der Waals surface area contributed by atoms with Crippen molar-refractivity contribution in [1.29, 1.82) is 0 Å². The molecule has 21 heavy (non-hydrogen) atoms. The van der Waals surface area contributed by atoms with E-state index in [0.717, 1.165) is 13.0 Å². The van der Waals surface area contributed by atoms with Crippen molar-refractivity contribution < 1.29 is 0 Å². The minimum atomic E-state index is 0.448. The Hall–Kier alpha value is -1.60. The topological polar surface area (TPSA) is 26.0 Å². The Kier molecular flexibility index (Phi) is 6.01. The molecular formula is C20H27N. The molecule has 0 fully saturated rings. The van der Waals surface area contributed by atoms with Gasteiger partial charge in [0.1, 0.15) is 0 Å². The fourth-order valence-corrected chi connectivity index (χ4v) is 3.45. The first-order chi connectivity index (χ1) is 10.3. The predicted molar refractivity (Wildman–Crippen MR) is 91.3 cm³/mol. The Morgan fingerprint density at radius 2 is 1.33 bits per heavy atom. The molecule has 0 bridgehead atoms. The Bertz CT molecular complexity index is 466. The molecule has 2 aromatic carbocycles. The fourth-order valence-electron chi connectivity index (χ4n) is 3.45. The van der Waals surface area contributed by atoms with Crippen molar-refractivity contribution in [3.05, 3.63) is 71.8 Å². The molecule has 1 heteroatoms. The molecule has 0 aliphatic heterocycles. The standard InChI is InChI=1S/C20H27N/c1-3-17(14-15-21)16(2)20(18-10-6-4-7-11-18)19-12-8-5-9-13-19/h4-13,16-17,20H,3,14-15,21H2,1-2H3. The summed E-state index contributed by atoms with van der Waals surface area (Å²) in [4.78, 5) is 0. The zero-order chi connectivity index (χ0) is 15.1. The SMILES string of the molecule is CCC(CCN)C(C)C(c1ccccc1)c1ccccc1. The van der Waals surface area contributed by atoms with Crippen molar-refractivity contribution >= 4 is 0 Å². The molecule has 0 radical (unpaired) electrons. The maximum Gasteiger partial charge on any atom is 0.0118 e. The van der Waals surface area contributed by atoms with Gasteiger partial charge in [0.05, 0.1) is 0 Å². The molecule has 112 valence electrons. The molecule has 0 aliphatic carbocycles. The quantitative estimate of drug-likeness (QED) is 0.773. The third-order valence-corrected chi connectivity index (χ3v) is 4.65. The number of hydrogen-bond acceptors (Lipinski definition) is 1. The summed E-state index contributed by atoms with van der Waals surface area (Å²) in [6.07, 6.45) is 2.29. The van der Waals surface area contributed by atoms with E-state index < -0.39 is 0 Å². The van der Waals surface area contributed by atoms with E-state index in [1.807, 2.05) is 0 Å². The van der Waals surface area contributed by atoms with Crippen LogP contribution in [0.25, 0.3) is 0 Å². The lowest BCUT2D eigenvalue weighted by Gasteiger charge is -2.31. The average molecular weight is 281 g/mol. The molecular weight excluding hydrogens is 254 g/mol. The van der Waals surface area contributed by atoms with E-state index in [2.05, 4.69) is 74.5 Å². The highest BCUT2D eigenvalue weighted by Crippen LogP contribution is 2.38. The minimum absolute atomic E-state index is 0.448. The van der Waals surface area contributed by atoms with E-state index in [0.29, 0.717) is 17.8 Å². The van der Waals surface area contributed by atoms with Gasteiger partial charge in [0, 0.05) is 5.92 Å². The van der Waals surface area contributed by atoms with Gasteiger partial charge in [0.15, 0.2) is 0 Å². The number of rotatable bonds is 7. The molecule has 2 N–H and O–H groups in total. The third-order valence-electron chi connectivity index (χ3n) is 4.65. The molecule has 2 rings (SSSR count). The second kappa shape index (κ2) is 7.99. The highest BCUT2D eigenvalue weighted by molar-refractivity contribution is 5.33. The largest absolute Gasteiger partial charge is 0.330 e. The van der Waals surface area contributed by atoms with Crippen molar-refractivity contribution in [2.75, 3.05) is 6.54 Å². The van der Waals surface area contributed by atoms with Crippen LogP contribution in [-0.2, 0) is 0 Å². The summed E-state index contributed by atoms with van der Waals surface area (Å²) in [6.45, 7) is 5.44. The summed E-state index contributed by atoms with van der Waals surface area (Å²) in [5.41, 5.74) is 8.64. The van der Waals surface area contributed by atoms with Crippen LogP contribution < -0.4 is 5.73 Å². The van der Waals surface area contributed by atoms with Gasteiger partial charge in [-0.25, -0.2) is 0 Å². The summed E-state index contributed by atoms with van der Waals surface area (Å²) >= 11 is 0. The van der Waals surface area contributed by atoms with Crippen LogP contribution in [0.3, 0.4) is 0 Å². The highest BCUT2D eigenvalue weighted by atomic mass is 14.5. The second-order valence-corrected chi connectivity index (χ2v) is 5.90. The molecule has 1 nitrogen and oxygen atoms in total. The third kappa shape index (κ3) is 3.95. The second-order valence-electron chi connectivity index (χ2n) is 5.90. The Balaban J connectivity index is 2.37. The normalized spacial score (nSPS) is 14.1. The summed E-state index contributed by atoms with van der Waals surface area (Å²) < 4.78 is 0. The van der Waals surface area contributed by atoms with Gasteiger partial charge in [-0.3, -0.25) is 0 Å². The maximum absolute atomic E-state index is 5.82. The lowest BCUT2D eigenvalue weighted by atomic mass is 9.73. The monoisotopic (exact) mass is 281 g/mol. The maximum atomic E-state index is 5.82. The minimum Gasteiger partial charge on any atom is -0.330 e. The van der Waals surface area contributed by atoms with E-state index in [4.69, 9.17) is 5.73 Å². The number of benzene rings is 2. The van der Waals surface area contributed by atoms with E-state index in [9.17, 15) is 0 Å². The van der Waals surface area contributed by atoms with Crippen molar-refractivity contribution in [2.24, 2.45) is 17.6 Å². The summed E-state index contributed by atoms with van der Waals surface area (Å²) in [7, 11) is 0. The van der Waals surface area contributed by atoms with Crippen molar-refractivity contribution in [3.63, 3.8) is 0 Å². The van der Waals surface area contributed by atoms with Gasteiger partial charge >= 0.3 is 0 Å². The lowest BCUT2D eigenvalue weighted by Crippen LogP contribution is -2.22. The smallest absolute Gasteiger partial charge is 0.0118 e. The van der Waals surface area contributed by atoms with Crippen molar-refractivity contribution in [2.45, 2.75) is 32.6 Å². The first-order valence-electron chi connectivity index (χ1n) is 8.07. The molecule has 0 spiro atoms. The van der Waals surface area contributed by atoms with E-state index in [-0.39, 0.29) is 0 Å². The van der Waals surface area contributed by atoms with Crippen LogP contribution in [-0.4, -0.2) is 6.54 Å². The van der Waals surface area contributed by atoms with Crippen LogP contribution >= 0.6 is 0 Å². The first-order valence-corrected chi connectivity index (χ1v) is 8.07. The molecule has 0 aromatic heterocycles. The van der Waals surface area contributed by atoms with Crippen LogP contribution in [0.5, 0.6) is 0 Å². The molecule has 0 aliphatic rings. The molecule has 0 saturated heterocycles. The highest BCUT2D eigenvalue weighted by Gasteiger charge is 2.26. The molecule has 0 amide bonds. The van der Waals surface area contributed by atoms with Gasteiger partial charge in [-0.05, 0) is 35.9 Å². The van der Waals surface area contributed by atoms with Gasteiger partial charge < -0.3 is 5.73 Å². The van der Waals surface area contributed by atoms with E-state index in [1.165, 1.54) is 17.5 Å². The molecule has 0 heterocycles. The van der Waals surface area contributed by atoms with Crippen LogP contribution in [0.1, 0.15) is 43.7 Å². The van der Waals surface area contributed by atoms with Gasteiger partial charge in [0.25, 0.3) is 0 Å². The Morgan fingerprint density at radius 1 is 0.857 bits per heavy atom. The van der Waals surface area contributed by atoms with Crippen LogP contribution in [0.15, 0.2) is 60.7 Å². The van der Waals surface area contributed by atoms with Gasteiger partial charge in [-0.1, -0.05) is 80.9 Å². The van der Waals surface area contributed by atoms with E-state index in [1.54, 1.807) is 0 Å². The zero-order valence-electron chi connectivity index (χ0n) is 13.2. The number of hydrogen-bond donors (Lipinski definition) is 1. The van der Waals surface area contributed by atoms with Crippen LogP contribution in [0.2, 0.25) is 0 Å². The van der Waals surface area contributed by atoms with Gasteiger partial charge in [0.2, 0.25) is 0 Å². The molecule has 0 saturated carbocycles. The average Bonchev–Trinajstić information content (AvgIpc) is 2.55. The first kappa shape index (κ1) is 15.8. The predicted octanol–water partition coefficient (Wildman–Crippen LogP) is 4.83. The molecule has 2 unspecified atom stereocenters. The van der Waals surface area contributed by atoms with Crippen LogP contribution in [0, 0.1) is 11.8 Å². The number of nitrogens with two attached hydrogens (primary N) is 1. The van der Waals surface area contributed by atoms with Gasteiger partial charge in [-0.2, -0.15) is 0 Å². The molecule has 2 atom stereocenters. The lowest BCUT2D eigenvalue weighted by molar-refractivity contribution is 0.302. The fraction of sp³-hybridized carbons (Fsp3) is 0.400. The zero-order valence-corrected chi connectivity index (χ0v) is 13.2. The summed E-state index contributed by atoms with van der Waals surface area (Å²) in [5.74, 6) is 1.70. The van der Waals surface area contributed by atoms with E-state index >= 15 is 0 Å². The van der Waals surface area contributed by atoms with Crippen molar-refractivity contribution in [3.8, 4) is 0 Å². The Labute approximate surface area is 129 Å². The van der Waals surface area contributed by atoms with Crippen molar-refractivity contribution in [1.82, 2.24) is 0 Å².